The van der Waals surface area contributed by atoms with Crippen molar-refractivity contribution in [1.29, 1.82) is 0 Å². The predicted octanol–water partition coefficient (Wildman–Crippen LogP) is 1.94. The fraction of sp³-hybridized carbons (Fsp3) is 0.556. The molecule has 0 aromatic carbocycles. The molecule has 2 aromatic heterocycles. The Balaban J connectivity index is 1.92. The summed E-state index contributed by atoms with van der Waals surface area (Å²) in [5.74, 6) is 1.07. The molecule has 1 atom stereocenters. The summed E-state index contributed by atoms with van der Waals surface area (Å²) in [5, 5.41) is 8.54. The van der Waals surface area contributed by atoms with Crippen LogP contribution in [-0.2, 0) is 4.79 Å². The van der Waals surface area contributed by atoms with Crippen molar-refractivity contribution in [3.63, 3.8) is 0 Å². The van der Waals surface area contributed by atoms with Crippen LogP contribution in [0.4, 0.5) is 0 Å². The lowest BCUT2D eigenvalue weighted by molar-refractivity contribution is -0.127. The maximum Gasteiger partial charge on any atom is 0.255 e. The van der Waals surface area contributed by atoms with Gasteiger partial charge in [-0.1, -0.05) is 0 Å². The van der Waals surface area contributed by atoms with Crippen molar-refractivity contribution in [3.05, 3.63) is 29.7 Å². The van der Waals surface area contributed by atoms with Gasteiger partial charge < -0.3 is 9.80 Å². The zero-order valence-corrected chi connectivity index (χ0v) is 15.3. The second kappa shape index (κ2) is 6.82. The zero-order valence-electron chi connectivity index (χ0n) is 15.3. The molecule has 3 rings (SSSR count). The van der Waals surface area contributed by atoms with Crippen molar-refractivity contribution < 1.29 is 9.59 Å². The number of carbonyl (C=O) groups excluding carboxylic acids is 2. The number of pyridine rings is 1. The van der Waals surface area contributed by atoms with Crippen LogP contribution in [0.3, 0.4) is 0 Å². The summed E-state index contributed by atoms with van der Waals surface area (Å²) in [6.07, 6.45) is 2.69. The number of aromatic nitrogens is 3. The molecule has 134 valence electrons. The van der Waals surface area contributed by atoms with E-state index in [0.29, 0.717) is 18.7 Å². The largest absolute Gasteiger partial charge is 0.342 e. The van der Waals surface area contributed by atoms with Gasteiger partial charge in [-0.2, -0.15) is 0 Å². The van der Waals surface area contributed by atoms with E-state index in [1.54, 1.807) is 13.0 Å². The number of hydrogen-bond donors (Lipinski definition) is 0. The van der Waals surface area contributed by atoms with Crippen molar-refractivity contribution in [1.82, 2.24) is 24.4 Å². The van der Waals surface area contributed by atoms with Gasteiger partial charge in [0.1, 0.15) is 5.82 Å². The monoisotopic (exact) mass is 343 g/mol. The normalized spacial score (nSPS) is 17.5. The number of hydrogen-bond acceptors (Lipinski definition) is 4. The SMILES string of the molecule is CCN(C(=O)c1ccc2nnc(C3CCN(C(C)=O)C3)n2c1)C(C)C. The number of fused-ring (bicyclic) bond motifs is 1. The van der Waals surface area contributed by atoms with E-state index in [4.69, 9.17) is 0 Å². The summed E-state index contributed by atoms with van der Waals surface area (Å²) in [7, 11) is 0. The van der Waals surface area contributed by atoms with Gasteiger partial charge in [0, 0.05) is 44.7 Å². The van der Waals surface area contributed by atoms with Crippen LogP contribution in [0.5, 0.6) is 0 Å². The molecule has 2 aromatic rings. The third-order valence-electron chi connectivity index (χ3n) is 4.90. The van der Waals surface area contributed by atoms with Crippen LogP contribution >= 0.6 is 0 Å². The minimum atomic E-state index is 0.0100. The minimum absolute atomic E-state index is 0.0100. The van der Waals surface area contributed by atoms with Gasteiger partial charge in [0.15, 0.2) is 5.65 Å². The Bertz CT molecular complexity index is 798. The zero-order chi connectivity index (χ0) is 18.1. The van der Waals surface area contributed by atoms with E-state index in [1.165, 1.54) is 0 Å². The molecule has 0 N–H and O–H groups in total. The molecule has 1 saturated heterocycles. The van der Waals surface area contributed by atoms with Gasteiger partial charge in [-0.15, -0.1) is 10.2 Å². The molecule has 2 amide bonds. The first-order valence-electron chi connectivity index (χ1n) is 8.83. The Morgan fingerprint density at radius 2 is 2.08 bits per heavy atom. The Morgan fingerprint density at radius 3 is 2.68 bits per heavy atom. The van der Waals surface area contributed by atoms with Gasteiger partial charge in [-0.25, -0.2) is 0 Å². The molecule has 7 heteroatoms. The van der Waals surface area contributed by atoms with E-state index < -0.39 is 0 Å². The summed E-state index contributed by atoms with van der Waals surface area (Å²) in [6.45, 7) is 9.66. The fourth-order valence-corrected chi connectivity index (χ4v) is 3.48. The lowest BCUT2D eigenvalue weighted by Crippen LogP contribution is -2.36. The quantitative estimate of drug-likeness (QED) is 0.850. The van der Waals surface area contributed by atoms with E-state index in [1.807, 2.05) is 47.2 Å². The van der Waals surface area contributed by atoms with Crippen LogP contribution in [0.2, 0.25) is 0 Å². The maximum atomic E-state index is 12.8. The van der Waals surface area contributed by atoms with Gasteiger partial charge in [0.2, 0.25) is 5.91 Å². The van der Waals surface area contributed by atoms with Crippen LogP contribution in [-0.4, -0.2) is 61.9 Å². The molecular formula is C18H25N5O2. The summed E-state index contributed by atoms with van der Waals surface area (Å²) >= 11 is 0. The average molecular weight is 343 g/mol. The lowest BCUT2D eigenvalue weighted by Gasteiger charge is -2.25. The molecule has 3 heterocycles. The van der Waals surface area contributed by atoms with Crippen LogP contribution in [0.25, 0.3) is 5.65 Å². The molecule has 1 unspecified atom stereocenters. The van der Waals surface area contributed by atoms with E-state index in [0.717, 1.165) is 24.4 Å². The Hall–Kier alpha value is -2.44. The molecule has 1 fully saturated rings. The van der Waals surface area contributed by atoms with E-state index >= 15 is 0 Å². The molecule has 25 heavy (non-hydrogen) atoms. The van der Waals surface area contributed by atoms with Gasteiger partial charge in [-0.3, -0.25) is 14.0 Å². The first kappa shape index (κ1) is 17.4. The van der Waals surface area contributed by atoms with Crippen molar-refractivity contribution >= 4 is 17.5 Å². The standard InChI is InChI=1S/C18H25N5O2/c1-5-22(12(2)3)18(25)15-6-7-16-19-20-17(23(16)11-15)14-8-9-21(10-14)13(4)24/h6-7,11-12,14H,5,8-10H2,1-4H3. The van der Waals surface area contributed by atoms with Crippen LogP contribution in [0.15, 0.2) is 18.3 Å². The smallest absolute Gasteiger partial charge is 0.255 e. The molecule has 0 radical (unpaired) electrons. The molecule has 0 saturated carbocycles. The Kier molecular flexibility index (Phi) is 4.74. The Labute approximate surface area is 147 Å². The number of rotatable bonds is 4. The summed E-state index contributed by atoms with van der Waals surface area (Å²) in [4.78, 5) is 28.0. The molecule has 0 spiro atoms. The molecule has 1 aliphatic rings. The van der Waals surface area contributed by atoms with E-state index in [-0.39, 0.29) is 23.8 Å². The topological polar surface area (TPSA) is 70.8 Å². The van der Waals surface area contributed by atoms with Crippen LogP contribution in [0.1, 0.15) is 56.2 Å². The minimum Gasteiger partial charge on any atom is -0.342 e. The van der Waals surface area contributed by atoms with Crippen molar-refractivity contribution in [3.8, 4) is 0 Å². The predicted molar refractivity (Wildman–Crippen MR) is 94.4 cm³/mol. The highest BCUT2D eigenvalue weighted by Gasteiger charge is 2.29. The highest BCUT2D eigenvalue weighted by Crippen LogP contribution is 2.26. The highest BCUT2D eigenvalue weighted by molar-refractivity contribution is 5.94. The Morgan fingerprint density at radius 1 is 1.32 bits per heavy atom. The molecular weight excluding hydrogens is 318 g/mol. The summed E-state index contributed by atoms with van der Waals surface area (Å²) in [5.41, 5.74) is 1.35. The second-order valence-electron chi connectivity index (χ2n) is 6.84. The van der Waals surface area contributed by atoms with Crippen LogP contribution < -0.4 is 0 Å². The van der Waals surface area contributed by atoms with E-state index in [9.17, 15) is 9.59 Å². The number of likely N-dealkylation sites (tertiary alicyclic amines) is 1. The van der Waals surface area contributed by atoms with Crippen LogP contribution in [0, 0.1) is 0 Å². The number of amides is 2. The van der Waals surface area contributed by atoms with Gasteiger partial charge in [0.25, 0.3) is 5.91 Å². The van der Waals surface area contributed by atoms with Gasteiger partial charge >= 0.3 is 0 Å². The van der Waals surface area contributed by atoms with Gasteiger partial charge in [0.05, 0.1) is 5.56 Å². The average Bonchev–Trinajstić information content (AvgIpc) is 3.21. The summed E-state index contributed by atoms with van der Waals surface area (Å²) < 4.78 is 1.90. The fourth-order valence-electron chi connectivity index (χ4n) is 3.48. The third-order valence-corrected chi connectivity index (χ3v) is 4.90. The molecule has 0 aliphatic carbocycles. The van der Waals surface area contributed by atoms with Crippen molar-refractivity contribution in [2.24, 2.45) is 0 Å². The first-order valence-corrected chi connectivity index (χ1v) is 8.83. The van der Waals surface area contributed by atoms with Crippen molar-refractivity contribution in [2.75, 3.05) is 19.6 Å². The molecule has 0 bridgehead atoms. The van der Waals surface area contributed by atoms with E-state index in [2.05, 4.69) is 10.2 Å². The lowest BCUT2D eigenvalue weighted by atomic mass is 10.1. The van der Waals surface area contributed by atoms with Gasteiger partial charge in [-0.05, 0) is 39.3 Å². The third kappa shape index (κ3) is 3.23. The summed E-state index contributed by atoms with van der Waals surface area (Å²) in [6, 6.07) is 3.78. The van der Waals surface area contributed by atoms with Crippen molar-refractivity contribution in [2.45, 2.75) is 46.1 Å². The first-order chi connectivity index (χ1) is 11.9. The number of carbonyl (C=O) groups is 2. The molecule has 1 aliphatic heterocycles. The number of nitrogens with zero attached hydrogens (tertiary/aromatic N) is 5. The highest BCUT2D eigenvalue weighted by atomic mass is 16.2. The second-order valence-corrected chi connectivity index (χ2v) is 6.84. The molecule has 7 nitrogen and oxygen atoms in total. The maximum absolute atomic E-state index is 12.8.